The Labute approximate surface area is 159 Å². The quantitative estimate of drug-likeness (QED) is 0.444. The number of para-hydroxylation sites is 2. The second kappa shape index (κ2) is 6.64. The molecule has 1 heterocycles. The van der Waals surface area contributed by atoms with Gasteiger partial charge in [0.15, 0.2) is 11.4 Å². The number of rotatable bonds is 3. The highest BCUT2D eigenvalue weighted by molar-refractivity contribution is 5.64. The van der Waals surface area contributed by atoms with E-state index >= 15 is 0 Å². The molecule has 4 rings (SSSR count). The van der Waals surface area contributed by atoms with Crippen molar-refractivity contribution in [3.8, 4) is 22.6 Å². The van der Waals surface area contributed by atoms with Crippen molar-refractivity contribution in [2.45, 2.75) is 20.7 Å². The molecule has 1 aromatic heterocycles. The lowest BCUT2D eigenvalue weighted by molar-refractivity contribution is -0.608. The van der Waals surface area contributed by atoms with E-state index in [1.807, 2.05) is 108 Å². The van der Waals surface area contributed by atoms with Gasteiger partial charge >= 0.3 is 0 Å². The van der Waals surface area contributed by atoms with E-state index in [1.54, 1.807) is 0 Å². The van der Waals surface area contributed by atoms with Crippen molar-refractivity contribution < 1.29 is 8.68 Å². The highest BCUT2D eigenvalue weighted by Gasteiger charge is 2.29. The molecule has 0 aliphatic carbocycles. The van der Waals surface area contributed by atoms with E-state index in [2.05, 4.69) is 0 Å². The summed E-state index contributed by atoms with van der Waals surface area (Å²) in [5.41, 5.74) is 5.48. The first-order valence-electron chi connectivity index (χ1n) is 10.2. The molecule has 0 aliphatic heterocycles. The van der Waals surface area contributed by atoms with Crippen LogP contribution in [0.15, 0.2) is 84.9 Å². The Morgan fingerprint density at radius 3 is 2.04 bits per heavy atom. The Bertz CT molecular complexity index is 1140. The normalized spacial score (nSPS) is 13.1. The molecule has 0 N–H and O–H groups in total. The van der Waals surface area contributed by atoms with Gasteiger partial charge in [-0.25, -0.2) is 0 Å². The molecule has 0 saturated carbocycles. The molecule has 128 valence electrons. The van der Waals surface area contributed by atoms with E-state index in [1.165, 1.54) is 0 Å². The van der Waals surface area contributed by atoms with Gasteiger partial charge in [0.25, 0.3) is 5.82 Å². The van der Waals surface area contributed by atoms with Crippen LogP contribution in [0.3, 0.4) is 0 Å². The minimum atomic E-state index is -2.31. The van der Waals surface area contributed by atoms with Gasteiger partial charge in [-0.3, -0.25) is 0 Å². The smallest absolute Gasteiger partial charge is 0.196 e. The third-order valence-electron chi connectivity index (χ3n) is 4.74. The molecule has 2 heteroatoms. The number of hydrogen-bond donors (Lipinski definition) is 0. The minimum absolute atomic E-state index is 0.273. The van der Waals surface area contributed by atoms with Crippen molar-refractivity contribution in [2.75, 3.05) is 0 Å². The summed E-state index contributed by atoms with van der Waals surface area (Å²) in [6, 6.07) is 27.6. The molecule has 0 aliphatic rings. The summed E-state index contributed by atoms with van der Waals surface area (Å²) >= 11 is 0. The predicted molar refractivity (Wildman–Crippen MR) is 107 cm³/mol. The second-order valence-electron chi connectivity index (χ2n) is 6.42. The predicted octanol–water partition coefficient (Wildman–Crippen LogP) is 5.35. The van der Waals surface area contributed by atoms with Gasteiger partial charge in [-0.15, -0.1) is 0 Å². The van der Waals surface area contributed by atoms with Gasteiger partial charge in [0.05, 0.1) is 0 Å². The number of imidazole rings is 1. The van der Waals surface area contributed by atoms with Gasteiger partial charge in [0.1, 0.15) is 11.4 Å². The van der Waals surface area contributed by atoms with Crippen molar-refractivity contribution in [3.05, 3.63) is 102 Å². The Morgan fingerprint density at radius 2 is 1.38 bits per heavy atom. The van der Waals surface area contributed by atoms with E-state index in [0.717, 1.165) is 33.9 Å². The zero-order valence-electron chi connectivity index (χ0n) is 18.0. The van der Waals surface area contributed by atoms with Crippen LogP contribution in [0.5, 0.6) is 0 Å². The Hall–Kier alpha value is -3.13. The molecule has 0 saturated heterocycles. The van der Waals surface area contributed by atoms with E-state index in [-0.39, 0.29) is 5.82 Å². The minimum Gasteiger partial charge on any atom is -0.196 e. The molecule has 0 radical (unpaired) electrons. The first-order chi connectivity index (χ1) is 13.9. The number of aromatic nitrogens is 2. The highest BCUT2D eigenvalue weighted by atomic mass is 15.2. The largest absolute Gasteiger partial charge is 0.264 e. The third kappa shape index (κ3) is 2.64. The molecule has 0 spiro atoms. The summed E-state index contributed by atoms with van der Waals surface area (Å²) in [6.45, 7) is 1.69. The van der Waals surface area contributed by atoms with Gasteiger partial charge in [0.2, 0.25) is 0 Å². The van der Waals surface area contributed by atoms with E-state index in [4.69, 9.17) is 4.11 Å². The maximum atomic E-state index is 8.39. The van der Waals surface area contributed by atoms with Gasteiger partial charge in [0, 0.05) is 23.5 Å². The van der Waals surface area contributed by atoms with Gasteiger partial charge < -0.3 is 0 Å². The first-order valence-corrected chi connectivity index (χ1v) is 8.74. The van der Waals surface area contributed by atoms with Crippen molar-refractivity contribution in [2.24, 2.45) is 0 Å². The van der Waals surface area contributed by atoms with Crippen molar-refractivity contribution in [1.29, 1.82) is 0 Å². The second-order valence-corrected chi connectivity index (χ2v) is 6.42. The van der Waals surface area contributed by atoms with Crippen LogP contribution in [0.2, 0.25) is 0 Å². The summed E-state index contributed by atoms with van der Waals surface area (Å²) in [5.74, 6) is 0.273. The first kappa shape index (κ1) is 13.1. The van der Waals surface area contributed by atoms with Crippen LogP contribution in [-0.4, -0.2) is 4.57 Å². The average Bonchev–Trinajstić information content (AvgIpc) is 3.03. The van der Waals surface area contributed by atoms with Crippen LogP contribution in [0.25, 0.3) is 22.6 Å². The lowest BCUT2D eigenvalue weighted by Gasteiger charge is -2.04. The van der Waals surface area contributed by atoms with Crippen LogP contribution >= 0.6 is 0 Å². The number of aryl methyl sites for hydroxylation is 1. The van der Waals surface area contributed by atoms with Crippen LogP contribution in [-0.2, 0) is 0 Å². The molecule has 0 fully saturated rings. The lowest BCUT2D eigenvalue weighted by atomic mass is 10.1. The highest BCUT2D eigenvalue weighted by Crippen LogP contribution is 2.28. The monoisotopic (exact) mass is 342 g/mol. The fourth-order valence-electron chi connectivity index (χ4n) is 3.50. The summed E-state index contributed by atoms with van der Waals surface area (Å²) in [5, 5.41) is 0. The molecule has 2 nitrogen and oxygen atoms in total. The molecular formula is C24H23N2+. The molecule has 26 heavy (non-hydrogen) atoms. The Kier molecular flexibility index (Phi) is 3.35. The summed E-state index contributed by atoms with van der Waals surface area (Å²) < 4.78 is 28.9. The topological polar surface area (TPSA) is 8.81 Å². The summed E-state index contributed by atoms with van der Waals surface area (Å²) in [4.78, 5) is 0. The molecule has 3 aromatic carbocycles. The number of nitrogens with zero attached hydrogens (tertiary/aromatic N) is 2. The van der Waals surface area contributed by atoms with Crippen molar-refractivity contribution in [1.82, 2.24) is 4.57 Å². The van der Waals surface area contributed by atoms with Crippen LogP contribution in [0.1, 0.15) is 21.2 Å². The molecule has 0 atom stereocenters. The maximum absolute atomic E-state index is 8.39. The van der Waals surface area contributed by atoms with Crippen molar-refractivity contribution >= 4 is 0 Å². The number of hydrogen-bond acceptors (Lipinski definition) is 0. The lowest BCUT2D eigenvalue weighted by Crippen LogP contribution is -2.36. The van der Waals surface area contributed by atoms with Crippen LogP contribution in [0.4, 0.5) is 0 Å². The molecule has 4 aromatic rings. The Morgan fingerprint density at radius 1 is 0.769 bits per heavy atom. The van der Waals surface area contributed by atoms with Gasteiger partial charge in [-0.2, -0.15) is 9.13 Å². The molecule has 0 unspecified atom stereocenters. The zero-order valence-corrected chi connectivity index (χ0v) is 15.0. The Balaban J connectivity index is 2.19. The average molecular weight is 342 g/mol. The fraction of sp³-hybridized carbons (Fsp3) is 0.125. The third-order valence-corrected chi connectivity index (χ3v) is 4.74. The maximum Gasteiger partial charge on any atom is 0.264 e. The van der Waals surface area contributed by atoms with Crippen molar-refractivity contribution in [3.63, 3.8) is 0 Å². The summed E-state index contributed by atoms with van der Waals surface area (Å²) in [6.07, 6.45) is 0. The van der Waals surface area contributed by atoms with Gasteiger partial charge in [-0.05, 0) is 30.7 Å². The van der Waals surface area contributed by atoms with Gasteiger partial charge in [-0.1, -0.05) is 66.7 Å². The van der Waals surface area contributed by atoms with Crippen LogP contribution < -0.4 is 4.57 Å². The SMILES string of the molecule is [2H]C([2H])([2H])c1n(-c2ccccc2)c(-c2ccccc2)c(C)[n+]1-c1ccccc1C. The molecular weight excluding hydrogens is 316 g/mol. The molecule has 0 bridgehead atoms. The summed E-state index contributed by atoms with van der Waals surface area (Å²) in [7, 11) is 0. The van der Waals surface area contributed by atoms with E-state index in [9.17, 15) is 0 Å². The standard InChI is InChI=1S/C24H23N2/c1-18-12-10-11-17-23(18)25-19(2)24(21-13-6-4-7-14-21)26(20(25)3)22-15-8-5-9-16-22/h4-17H,1-3H3/q+1/i3D3. The van der Waals surface area contributed by atoms with E-state index in [0.29, 0.717) is 0 Å². The number of benzene rings is 3. The van der Waals surface area contributed by atoms with E-state index < -0.39 is 6.85 Å². The molecule has 0 amide bonds. The fourth-order valence-corrected chi connectivity index (χ4v) is 3.50. The van der Waals surface area contributed by atoms with Crippen LogP contribution in [0, 0.1) is 20.7 Å². The zero-order chi connectivity index (χ0) is 20.6.